The van der Waals surface area contributed by atoms with Crippen LogP contribution in [0.25, 0.3) is 0 Å². The molecule has 0 unspecified atom stereocenters. The second-order valence-electron chi connectivity index (χ2n) is 4.30. The van der Waals surface area contributed by atoms with Crippen LogP contribution in [0.1, 0.15) is 32.9 Å². The van der Waals surface area contributed by atoms with Crippen LogP contribution in [-0.4, -0.2) is 22.4 Å². The molecule has 0 aromatic carbocycles. The molecule has 4 heteroatoms. The molecule has 1 aromatic rings. The third-order valence-electron chi connectivity index (χ3n) is 2.59. The van der Waals surface area contributed by atoms with Gasteiger partial charge in [-0.3, -0.25) is 4.79 Å². The van der Waals surface area contributed by atoms with Gasteiger partial charge in [0.15, 0.2) is 5.75 Å². The van der Waals surface area contributed by atoms with Crippen molar-refractivity contribution < 1.29 is 9.84 Å². The van der Waals surface area contributed by atoms with E-state index in [-0.39, 0.29) is 17.3 Å². The predicted molar refractivity (Wildman–Crippen MR) is 67.4 cm³/mol. The Morgan fingerprint density at radius 3 is 2.76 bits per heavy atom. The lowest BCUT2D eigenvalue weighted by atomic mass is 10.2. The lowest BCUT2D eigenvalue weighted by Crippen LogP contribution is -2.14. The molecule has 4 nitrogen and oxygen atoms in total. The van der Waals surface area contributed by atoms with Gasteiger partial charge in [0, 0.05) is 25.4 Å². The fourth-order valence-electron chi connectivity index (χ4n) is 1.74. The molecule has 1 aromatic heterocycles. The highest BCUT2D eigenvalue weighted by Gasteiger charge is 2.07. The van der Waals surface area contributed by atoms with E-state index in [1.54, 1.807) is 6.20 Å². The van der Waals surface area contributed by atoms with Crippen molar-refractivity contribution in [1.29, 1.82) is 0 Å². The van der Waals surface area contributed by atoms with Crippen molar-refractivity contribution in [2.24, 2.45) is 0 Å². The summed E-state index contributed by atoms with van der Waals surface area (Å²) >= 11 is 0. The number of aromatic nitrogens is 1. The van der Waals surface area contributed by atoms with Gasteiger partial charge in [-0.1, -0.05) is 6.92 Å². The van der Waals surface area contributed by atoms with E-state index in [9.17, 15) is 9.90 Å². The van der Waals surface area contributed by atoms with E-state index in [1.807, 2.05) is 25.3 Å². The highest BCUT2D eigenvalue weighted by molar-refractivity contribution is 5.26. The number of nitrogens with zero attached hydrogens (tertiary/aromatic N) is 1. The topological polar surface area (TPSA) is 51.5 Å². The first-order chi connectivity index (χ1) is 8.06. The van der Waals surface area contributed by atoms with E-state index >= 15 is 0 Å². The number of hydrogen-bond donors (Lipinski definition) is 1. The maximum Gasteiger partial charge on any atom is 0.223 e. The Balaban J connectivity index is 2.65. The van der Waals surface area contributed by atoms with E-state index < -0.39 is 0 Å². The Morgan fingerprint density at radius 1 is 1.47 bits per heavy atom. The van der Waals surface area contributed by atoms with Gasteiger partial charge in [0.25, 0.3) is 0 Å². The van der Waals surface area contributed by atoms with E-state index in [4.69, 9.17) is 4.74 Å². The zero-order valence-electron chi connectivity index (χ0n) is 10.8. The second kappa shape index (κ2) is 6.45. The molecule has 0 bridgehead atoms. The van der Waals surface area contributed by atoms with Gasteiger partial charge in [-0.15, -0.1) is 0 Å². The van der Waals surface area contributed by atoms with Gasteiger partial charge in [0.05, 0.1) is 11.8 Å². The Hall–Kier alpha value is -1.29. The number of hydrogen-bond acceptors (Lipinski definition) is 3. The molecule has 0 saturated heterocycles. The molecular weight excluding hydrogens is 218 g/mol. The van der Waals surface area contributed by atoms with Gasteiger partial charge in [-0.2, -0.15) is 0 Å². The largest absolute Gasteiger partial charge is 0.503 e. The minimum absolute atomic E-state index is 0.125. The monoisotopic (exact) mass is 239 g/mol. The first-order valence-corrected chi connectivity index (χ1v) is 6.09. The van der Waals surface area contributed by atoms with Crippen molar-refractivity contribution in [2.75, 3.05) is 6.61 Å². The van der Waals surface area contributed by atoms with Crippen LogP contribution >= 0.6 is 0 Å². The Bertz CT molecular complexity index is 410. The predicted octanol–water partition coefficient (Wildman–Crippen LogP) is 1.93. The van der Waals surface area contributed by atoms with Gasteiger partial charge >= 0.3 is 0 Å². The molecule has 0 amide bonds. The first-order valence-electron chi connectivity index (χ1n) is 6.09. The summed E-state index contributed by atoms with van der Waals surface area (Å²) < 4.78 is 7.37. The fourth-order valence-corrected chi connectivity index (χ4v) is 1.74. The zero-order valence-corrected chi connectivity index (χ0v) is 10.8. The van der Waals surface area contributed by atoms with Crippen molar-refractivity contribution in [2.45, 2.75) is 46.3 Å². The van der Waals surface area contributed by atoms with Crippen LogP contribution in [0.15, 0.2) is 17.1 Å². The summed E-state index contributed by atoms with van der Waals surface area (Å²) in [4.78, 5) is 11.3. The van der Waals surface area contributed by atoms with Gasteiger partial charge < -0.3 is 14.4 Å². The molecule has 0 spiro atoms. The van der Waals surface area contributed by atoms with E-state index in [0.29, 0.717) is 18.7 Å². The molecule has 0 aliphatic heterocycles. The van der Waals surface area contributed by atoms with Crippen LogP contribution in [-0.2, 0) is 17.7 Å². The van der Waals surface area contributed by atoms with E-state index in [1.165, 1.54) is 6.07 Å². The lowest BCUT2D eigenvalue weighted by Gasteiger charge is -2.14. The third-order valence-corrected chi connectivity index (χ3v) is 2.59. The van der Waals surface area contributed by atoms with Crippen molar-refractivity contribution in [1.82, 2.24) is 4.57 Å². The minimum Gasteiger partial charge on any atom is -0.503 e. The van der Waals surface area contributed by atoms with Gasteiger partial charge in [0.2, 0.25) is 5.43 Å². The zero-order chi connectivity index (χ0) is 12.8. The Labute approximate surface area is 102 Å². The number of aromatic hydroxyl groups is 1. The van der Waals surface area contributed by atoms with Crippen LogP contribution in [0, 0.1) is 0 Å². The summed E-state index contributed by atoms with van der Waals surface area (Å²) in [7, 11) is 0. The molecule has 1 N–H and O–H groups in total. The molecule has 1 heterocycles. The Kier molecular flexibility index (Phi) is 5.22. The highest BCUT2D eigenvalue weighted by Crippen LogP contribution is 2.12. The SMILES string of the molecule is CCc1c(O)c(=O)ccn1CCCOC(C)C. The van der Waals surface area contributed by atoms with Gasteiger partial charge in [-0.25, -0.2) is 0 Å². The molecule has 17 heavy (non-hydrogen) atoms. The van der Waals surface area contributed by atoms with Crippen molar-refractivity contribution in [3.63, 3.8) is 0 Å². The highest BCUT2D eigenvalue weighted by atomic mass is 16.5. The van der Waals surface area contributed by atoms with Gasteiger partial charge in [-0.05, 0) is 26.7 Å². The lowest BCUT2D eigenvalue weighted by molar-refractivity contribution is 0.0747. The fraction of sp³-hybridized carbons (Fsp3) is 0.615. The van der Waals surface area contributed by atoms with Gasteiger partial charge in [0.1, 0.15) is 0 Å². The summed E-state index contributed by atoms with van der Waals surface area (Å²) in [5.41, 5.74) is 0.388. The number of ether oxygens (including phenoxy) is 1. The standard InChI is InChI=1S/C13H21NO3/c1-4-11-13(16)12(15)6-8-14(11)7-5-9-17-10(2)3/h6,8,10,16H,4-5,7,9H2,1-3H3. The molecule has 0 radical (unpaired) electrons. The van der Waals surface area contributed by atoms with Crippen molar-refractivity contribution in [3.05, 3.63) is 28.2 Å². The van der Waals surface area contributed by atoms with Crippen LogP contribution in [0.3, 0.4) is 0 Å². The smallest absolute Gasteiger partial charge is 0.223 e. The molecule has 0 fully saturated rings. The van der Waals surface area contributed by atoms with Crippen LogP contribution in [0.5, 0.6) is 5.75 Å². The van der Waals surface area contributed by atoms with Crippen LogP contribution in [0.4, 0.5) is 0 Å². The summed E-state index contributed by atoms with van der Waals surface area (Å²) in [6.45, 7) is 7.37. The molecule has 0 aliphatic rings. The molecule has 96 valence electrons. The maximum atomic E-state index is 11.3. The average Bonchev–Trinajstić information content (AvgIpc) is 2.29. The normalized spacial score (nSPS) is 11.1. The number of aryl methyl sites for hydroxylation is 1. The van der Waals surface area contributed by atoms with Crippen molar-refractivity contribution >= 4 is 0 Å². The molecular formula is C13H21NO3. The van der Waals surface area contributed by atoms with E-state index in [0.717, 1.165) is 13.0 Å². The summed E-state index contributed by atoms with van der Waals surface area (Å²) in [5.74, 6) is -0.125. The quantitative estimate of drug-likeness (QED) is 0.772. The minimum atomic E-state index is -0.309. The second-order valence-corrected chi connectivity index (χ2v) is 4.30. The third kappa shape index (κ3) is 3.89. The molecule has 0 atom stereocenters. The first kappa shape index (κ1) is 13.8. The number of pyridine rings is 1. The average molecular weight is 239 g/mol. The maximum absolute atomic E-state index is 11.3. The Morgan fingerprint density at radius 2 is 2.18 bits per heavy atom. The van der Waals surface area contributed by atoms with Crippen LogP contribution in [0.2, 0.25) is 0 Å². The van der Waals surface area contributed by atoms with Crippen molar-refractivity contribution in [3.8, 4) is 5.75 Å². The van der Waals surface area contributed by atoms with Crippen LogP contribution < -0.4 is 5.43 Å². The summed E-state index contributed by atoms with van der Waals surface area (Å²) in [6, 6.07) is 1.40. The molecule has 0 aliphatic carbocycles. The summed E-state index contributed by atoms with van der Waals surface area (Å²) in [5, 5.41) is 9.66. The summed E-state index contributed by atoms with van der Waals surface area (Å²) in [6.07, 6.45) is 3.49. The molecule has 0 saturated carbocycles. The number of rotatable bonds is 6. The molecule has 1 rings (SSSR count). The van der Waals surface area contributed by atoms with E-state index in [2.05, 4.69) is 0 Å².